The number of carbonyl (C=O) groups excluding carboxylic acids is 2. The van der Waals surface area contributed by atoms with Gasteiger partial charge in [0, 0.05) is 6.54 Å². The van der Waals surface area contributed by atoms with Gasteiger partial charge < -0.3 is 14.4 Å². The van der Waals surface area contributed by atoms with E-state index in [9.17, 15) is 9.59 Å². The third-order valence-electron chi connectivity index (χ3n) is 5.90. The summed E-state index contributed by atoms with van der Waals surface area (Å²) in [6, 6.07) is 15.4. The summed E-state index contributed by atoms with van der Waals surface area (Å²) in [7, 11) is 1.65. The summed E-state index contributed by atoms with van der Waals surface area (Å²) in [5, 5.41) is 0. The molecule has 4 rings (SSSR count). The van der Waals surface area contributed by atoms with Crippen molar-refractivity contribution in [3.8, 4) is 11.5 Å². The third-order valence-corrected chi connectivity index (χ3v) is 5.90. The fourth-order valence-corrected chi connectivity index (χ4v) is 4.30. The minimum Gasteiger partial charge on any atom is -0.497 e. The number of likely N-dealkylation sites (tertiary alicyclic amines) is 1. The van der Waals surface area contributed by atoms with Crippen molar-refractivity contribution in [1.82, 2.24) is 4.90 Å². The van der Waals surface area contributed by atoms with Crippen LogP contribution in [0.25, 0.3) is 0 Å². The highest BCUT2D eigenvalue weighted by Crippen LogP contribution is 2.34. The van der Waals surface area contributed by atoms with Crippen molar-refractivity contribution in [2.75, 3.05) is 31.7 Å². The molecule has 0 aliphatic carbocycles. The molecule has 1 saturated heterocycles. The smallest absolute Gasteiger partial charge is 0.243 e. The molecule has 2 aromatic carbocycles. The summed E-state index contributed by atoms with van der Waals surface area (Å²) in [5.74, 6) is 1.35. The first kappa shape index (κ1) is 20.3. The van der Waals surface area contributed by atoms with Crippen LogP contribution in [0, 0.1) is 0 Å². The summed E-state index contributed by atoms with van der Waals surface area (Å²) in [5.41, 5.74) is 1.78. The number of hydrogen-bond donors (Lipinski definition) is 0. The number of rotatable bonds is 4. The van der Waals surface area contributed by atoms with Crippen LogP contribution in [0.4, 0.5) is 5.69 Å². The summed E-state index contributed by atoms with van der Waals surface area (Å²) in [6.07, 6.45) is 4.36. The molecule has 0 aromatic heterocycles. The Morgan fingerprint density at radius 3 is 2.70 bits per heavy atom. The molecule has 6 heteroatoms. The van der Waals surface area contributed by atoms with Crippen LogP contribution in [0.1, 0.15) is 43.7 Å². The predicted molar refractivity (Wildman–Crippen MR) is 115 cm³/mol. The van der Waals surface area contributed by atoms with Gasteiger partial charge in [-0.1, -0.05) is 37.1 Å². The van der Waals surface area contributed by atoms with Crippen LogP contribution in [0.15, 0.2) is 48.5 Å². The second kappa shape index (κ2) is 9.20. The van der Waals surface area contributed by atoms with Crippen molar-refractivity contribution in [2.24, 2.45) is 0 Å². The molecule has 0 unspecified atom stereocenters. The zero-order chi connectivity index (χ0) is 20.9. The standard InChI is InChI=1S/C24H28N2O4/c1-29-19-12-10-18(11-13-19)20-7-3-2-6-15-25(20)24(28)17-26-21-8-4-5-9-22(21)30-16-14-23(26)27/h4-5,8-13,20H,2-3,6-7,14-17H2,1H3/t20-/m0/s1. The Kier molecular flexibility index (Phi) is 6.21. The number of benzene rings is 2. The number of fused-ring (bicyclic) bond motifs is 1. The average Bonchev–Trinajstić information content (AvgIpc) is 3.11. The third kappa shape index (κ3) is 4.27. The second-order valence-electron chi connectivity index (χ2n) is 7.77. The number of anilines is 1. The second-order valence-corrected chi connectivity index (χ2v) is 7.77. The molecule has 30 heavy (non-hydrogen) atoms. The fraction of sp³-hybridized carbons (Fsp3) is 0.417. The van der Waals surface area contributed by atoms with E-state index >= 15 is 0 Å². The molecule has 158 valence electrons. The van der Waals surface area contributed by atoms with Crippen LogP contribution in [-0.4, -0.2) is 43.5 Å². The first-order chi connectivity index (χ1) is 14.7. The maximum atomic E-state index is 13.5. The monoisotopic (exact) mass is 408 g/mol. The lowest BCUT2D eigenvalue weighted by molar-refractivity contribution is -0.133. The molecule has 0 radical (unpaired) electrons. The van der Waals surface area contributed by atoms with Gasteiger partial charge in [-0.15, -0.1) is 0 Å². The van der Waals surface area contributed by atoms with E-state index in [0.29, 0.717) is 24.6 Å². The lowest BCUT2D eigenvalue weighted by Crippen LogP contribution is -2.44. The maximum absolute atomic E-state index is 13.5. The number of hydrogen-bond acceptors (Lipinski definition) is 4. The number of methoxy groups -OCH3 is 1. The Bertz CT molecular complexity index is 896. The zero-order valence-corrected chi connectivity index (χ0v) is 17.4. The van der Waals surface area contributed by atoms with E-state index in [2.05, 4.69) is 0 Å². The van der Waals surface area contributed by atoms with Crippen molar-refractivity contribution >= 4 is 17.5 Å². The van der Waals surface area contributed by atoms with Crippen LogP contribution in [0.3, 0.4) is 0 Å². The minimum absolute atomic E-state index is 0.0134. The van der Waals surface area contributed by atoms with E-state index in [1.165, 1.54) is 0 Å². The van der Waals surface area contributed by atoms with Crippen LogP contribution >= 0.6 is 0 Å². The molecule has 0 bridgehead atoms. The van der Waals surface area contributed by atoms with Crippen LogP contribution in [0.5, 0.6) is 11.5 Å². The molecule has 2 aromatic rings. The van der Waals surface area contributed by atoms with E-state index in [1.54, 1.807) is 12.0 Å². The van der Waals surface area contributed by atoms with E-state index in [4.69, 9.17) is 9.47 Å². The first-order valence-corrected chi connectivity index (χ1v) is 10.6. The van der Waals surface area contributed by atoms with Gasteiger partial charge in [-0.2, -0.15) is 0 Å². The van der Waals surface area contributed by atoms with Gasteiger partial charge in [-0.05, 0) is 42.7 Å². The number of ether oxygens (including phenoxy) is 2. The van der Waals surface area contributed by atoms with Crippen LogP contribution in [0.2, 0.25) is 0 Å². The highest BCUT2D eigenvalue weighted by atomic mass is 16.5. The van der Waals surface area contributed by atoms with Crippen molar-refractivity contribution in [1.29, 1.82) is 0 Å². The summed E-state index contributed by atoms with van der Waals surface area (Å²) < 4.78 is 11.0. The van der Waals surface area contributed by atoms with Crippen molar-refractivity contribution in [3.05, 3.63) is 54.1 Å². The van der Waals surface area contributed by atoms with E-state index < -0.39 is 0 Å². The number of nitrogens with zero attached hydrogens (tertiary/aromatic N) is 2. The topological polar surface area (TPSA) is 59.1 Å². The lowest BCUT2D eigenvalue weighted by Gasteiger charge is -2.33. The summed E-state index contributed by atoms with van der Waals surface area (Å²) in [6.45, 7) is 1.07. The van der Waals surface area contributed by atoms with Gasteiger partial charge in [0.05, 0.1) is 31.9 Å². The molecular formula is C24H28N2O4. The molecule has 2 heterocycles. The first-order valence-electron chi connectivity index (χ1n) is 10.6. The minimum atomic E-state index is -0.0795. The van der Waals surface area contributed by atoms with Crippen molar-refractivity contribution in [2.45, 2.75) is 38.1 Å². The average molecular weight is 408 g/mol. The van der Waals surface area contributed by atoms with Crippen molar-refractivity contribution < 1.29 is 19.1 Å². The normalized spacial score (nSPS) is 19.4. The van der Waals surface area contributed by atoms with Gasteiger partial charge >= 0.3 is 0 Å². The summed E-state index contributed by atoms with van der Waals surface area (Å²) >= 11 is 0. The predicted octanol–water partition coefficient (Wildman–Crippen LogP) is 3.95. The molecule has 1 atom stereocenters. The van der Waals surface area contributed by atoms with Crippen LogP contribution < -0.4 is 14.4 Å². The molecule has 0 spiro atoms. The lowest BCUT2D eigenvalue weighted by atomic mass is 10.0. The quantitative estimate of drug-likeness (QED) is 0.769. The molecule has 0 N–H and O–H groups in total. The van der Waals surface area contributed by atoms with Gasteiger partial charge in [0.1, 0.15) is 18.0 Å². The molecule has 0 saturated carbocycles. The fourth-order valence-electron chi connectivity index (χ4n) is 4.30. The van der Waals surface area contributed by atoms with Gasteiger partial charge in [0.2, 0.25) is 11.8 Å². The highest BCUT2D eigenvalue weighted by Gasteiger charge is 2.31. The van der Waals surface area contributed by atoms with Gasteiger partial charge in [0.15, 0.2) is 0 Å². The maximum Gasteiger partial charge on any atom is 0.243 e. The Morgan fingerprint density at radius 2 is 1.90 bits per heavy atom. The molecular weight excluding hydrogens is 380 g/mol. The number of para-hydroxylation sites is 2. The Balaban J connectivity index is 1.58. The van der Waals surface area contributed by atoms with E-state index in [0.717, 1.165) is 37.0 Å². The zero-order valence-electron chi connectivity index (χ0n) is 17.4. The van der Waals surface area contributed by atoms with Crippen molar-refractivity contribution in [3.63, 3.8) is 0 Å². The highest BCUT2D eigenvalue weighted by molar-refractivity contribution is 6.00. The molecule has 1 fully saturated rings. The Hall–Kier alpha value is -3.02. The van der Waals surface area contributed by atoms with Gasteiger partial charge in [0.25, 0.3) is 0 Å². The molecule has 2 amide bonds. The molecule has 2 aliphatic rings. The Labute approximate surface area is 177 Å². The largest absolute Gasteiger partial charge is 0.497 e. The molecule has 2 aliphatic heterocycles. The van der Waals surface area contributed by atoms with Gasteiger partial charge in [-0.25, -0.2) is 0 Å². The molecule has 6 nitrogen and oxygen atoms in total. The number of carbonyl (C=O) groups is 2. The Morgan fingerprint density at radius 1 is 1.10 bits per heavy atom. The number of amides is 2. The van der Waals surface area contributed by atoms with E-state index in [1.807, 2.05) is 53.4 Å². The van der Waals surface area contributed by atoms with Crippen LogP contribution in [-0.2, 0) is 9.59 Å². The van der Waals surface area contributed by atoms with E-state index in [-0.39, 0.29) is 30.8 Å². The van der Waals surface area contributed by atoms with Gasteiger partial charge in [-0.3, -0.25) is 14.5 Å². The SMILES string of the molecule is COc1ccc([C@@H]2CCCCCN2C(=O)CN2C(=O)CCOc3ccccc32)cc1. The summed E-state index contributed by atoms with van der Waals surface area (Å²) in [4.78, 5) is 29.7.